The average Bonchev–Trinajstić information content (AvgIpc) is 2.77. The fourth-order valence-corrected chi connectivity index (χ4v) is 1.66. The summed E-state index contributed by atoms with van der Waals surface area (Å²) >= 11 is 0. The summed E-state index contributed by atoms with van der Waals surface area (Å²) in [6, 6.07) is 1.95. The van der Waals surface area contributed by atoms with Crippen molar-refractivity contribution in [3.05, 3.63) is 24.3 Å². The molecule has 0 amide bonds. The summed E-state index contributed by atoms with van der Waals surface area (Å²) in [5.74, 6) is 1.63. The number of nitrogens with one attached hydrogen (secondary N) is 1. The van der Waals surface area contributed by atoms with E-state index in [0.29, 0.717) is 0 Å². The molecule has 0 fully saturated rings. The number of nitrogens with zero attached hydrogens (tertiary/aromatic N) is 4. The molecule has 90 valence electrons. The van der Waals surface area contributed by atoms with Crippen LogP contribution < -0.4 is 5.32 Å². The van der Waals surface area contributed by atoms with Gasteiger partial charge in [0.2, 0.25) is 0 Å². The van der Waals surface area contributed by atoms with Crippen molar-refractivity contribution in [2.45, 2.75) is 27.3 Å². The van der Waals surface area contributed by atoms with Gasteiger partial charge in [-0.15, -0.1) is 0 Å². The van der Waals surface area contributed by atoms with Crippen molar-refractivity contribution in [1.82, 2.24) is 19.7 Å². The van der Waals surface area contributed by atoms with Gasteiger partial charge in [-0.25, -0.2) is 9.97 Å². The number of hydrogen-bond acceptors (Lipinski definition) is 4. The van der Waals surface area contributed by atoms with Crippen LogP contribution in [0.4, 0.5) is 5.82 Å². The van der Waals surface area contributed by atoms with Crippen LogP contribution in [0.5, 0.6) is 0 Å². The maximum atomic E-state index is 4.43. The Labute approximate surface area is 101 Å². The first kappa shape index (κ1) is 11.6. The van der Waals surface area contributed by atoms with Crippen LogP contribution in [0.25, 0.3) is 11.3 Å². The van der Waals surface area contributed by atoms with Crippen LogP contribution in [0.2, 0.25) is 0 Å². The van der Waals surface area contributed by atoms with E-state index in [-0.39, 0.29) is 0 Å². The van der Waals surface area contributed by atoms with Crippen molar-refractivity contribution >= 4 is 5.82 Å². The van der Waals surface area contributed by atoms with E-state index in [0.717, 1.165) is 36.0 Å². The summed E-state index contributed by atoms with van der Waals surface area (Å²) in [5, 5.41) is 7.45. The average molecular weight is 231 g/mol. The molecule has 0 saturated heterocycles. The highest BCUT2D eigenvalue weighted by Gasteiger charge is 2.06. The maximum absolute atomic E-state index is 4.43. The molecule has 17 heavy (non-hydrogen) atoms. The minimum atomic E-state index is 0.766. The van der Waals surface area contributed by atoms with E-state index in [9.17, 15) is 0 Å². The standard InChI is InChI=1S/C12H17N5/c1-4-13-12-6-11(15-9(3)16-12)10-7-14-17(5-2)8-10/h6-8H,4-5H2,1-3H3,(H,13,15,16). The van der Waals surface area contributed by atoms with E-state index in [1.807, 2.05) is 37.0 Å². The van der Waals surface area contributed by atoms with Crippen LogP contribution >= 0.6 is 0 Å². The monoisotopic (exact) mass is 231 g/mol. The van der Waals surface area contributed by atoms with Crippen LogP contribution in [-0.2, 0) is 6.54 Å². The molecule has 0 saturated carbocycles. The minimum absolute atomic E-state index is 0.766. The van der Waals surface area contributed by atoms with E-state index in [1.54, 1.807) is 0 Å². The van der Waals surface area contributed by atoms with Crippen LogP contribution in [-0.4, -0.2) is 26.3 Å². The fraction of sp³-hybridized carbons (Fsp3) is 0.417. The molecule has 0 atom stereocenters. The molecule has 2 rings (SSSR count). The first-order valence-corrected chi connectivity index (χ1v) is 5.85. The van der Waals surface area contributed by atoms with Gasteiger partial charge in [0.15, 0.2) is 0 Å². The lowest BCUT2D eigenvalue weighted by atomic mass is 10.2. The molecule has 0 aliphatic heterocycles. The molecule has 0 spiro atoms. The SMILES string of the molecule is CCNc1cc(-c2cnn(CC)c2)nc(C)n1. The molecule has 0 aromatic carbocycles. The normalized spacial score (nSPS) is 10.5. The molecule has 0 radical (unpaired) electrons. The maximum Gasteiger partial charge on any atom is 0.130 e. The summed E-state index contributed by atoms with van der Waals surface area (Å²) in [7, 11) is 0. The lowest BCUT2D eigenvalue weighted by Crippen LogP contribution is -2.02. The van der Waals surface area contributed by atoms with Crippen molar-refractivity contribution in [1.29, 1.82) is 0 Å². The Morgan fingerprint density at radius 1 is 1.29 bits per heavy atom. The smallest absolute Gasteiger partial charge is 0.130 e. The molecular weight excluding hydrogens is 214 g/mol. The van der Waals surface area contributed by atoms with E-state index < -0.39 is 0 Å². The second kappa shape index (κ2) is 4.95. The van der Waals surface area contributed by atoms with Crippen LogP contribution in [0.1, 0.15) is 19.7 Å². The molecule has 5 heteroatoms. The quantitative estimate of drug-likeness (QED) is 0.875. The summed E-state index contributed by atoms with van der Waals surface area (Å²) in [4.78, 5) is 8.76. The van der Waals surface area contributed by atoms with Gasteiger partial charge >= 0.3 is 0 Å². The summed E-state index contributed by atoms with van der Waals surface area (Å²) < 4.78 is 1.89. The third-order valence-corrected chi connectivity index (χ3v) is 2.45. The van der Waals surface area contributed by atoms with Gasteiger partial charge in [0.25, 0.3) is 0 Å². The predicted octanol–water partition coefficient (Wildman–Crippen LogP) is 2.10. The third-order valence-electron chi connectivity index (χ3n) is 2.45. The van der Waals surface area contributed by atoms with Crippen LogP contribution in [0, 0.1) is 6.92 Å². The molecule has 0 unspecified atom stereocenters. The van der Waals surface area contributed by atoms with Gasteiger partial charge in [0.05, 0.1) is 11.9 Å². The number of rotatable bonds is 4. The van der Waals surface area contributed by atoms with Gasteiger partial charge in [-0.2, -0.15) is 5.10 Å². The number of aryl methyl sites for hydroxylation is 2. The van der Waals surface area contributed by atoms with Crippen LogP contribution in [0.3, 0.4) is 0 Å². The van der Waals surface area contributed by atoms with Gasteiger partial charge in [-0.05, 0) is 20.8 Å². The molecule has 2 aromatic heterocycles. The summed E-state index contributed by atoms with van der Waals surface area (Å²) in [5.41, 5.74) is 1.93. The predicted molar refractivity (Wildman–Crippen MR) is 67.8 cm³/mol. The Kier molecular flexibility index (Phi) is 3.37. The Morgan fingerprint density at radius 2 is 2.12 bits per heavy atom. The molecular formula is C12H17N5. The van der Waals surface area contributed by atoms with Crippen molar-refractivity contribution < 1.29 is 0 Å². The summed E-state index contributed by atoms with van der Waals surface area (Å²) in [6.07, 6.45) is 3.83. The van der Waals surface area contributed by atoms with Crippen molar-refractivity contribution in [2.24, 2.45) is 0 Å². The zero-order chi connectivity index (χ0) is 12.3. The summed E-state index contributed by atoms with van der Waals surface area (Å²) in [6.45, 7) is 7.72. The van der Waals surface area contributed by atoms with Gasteiger partial charge in [0.1, 0.15) is 11.6 Å². The van der Waals surface area contributed by atoms with Crippen molar-refractivity contribution in [3.8, 4) is 11.3 Å². The second-order valence-corrected chi connectivity index (χ2v) is 3.80. The van der Waals surface area contributed by atoms with E-state index in [1.165, 1.54) is 0 Å². The van der Waals surface area contributed by atoms with Crippen molar-refractivity contribution in [2.75, 3.05) is 11.9 Å². The zero-order valence-corrected chi connectivity index (χ0v) is 10.4. The third kappa shape index (κ3) is 2.61. The van der Waals surface area contributed by atoms with E-state index in [2.05, 4.69) is 27.3 Å². The Balaban J connectivity index is 2.37. The Morgan fingerprint density at radius 3 is 2.76 bits per heavy atom. The molecule has 1 N–H and O–H groups in total. The molecule has 2 heterocycles. The van der Waals surface area contributed by atoms with Gasteiger partial charge < -0.3 is 5.32 Å². The molecule has 0 bridgehead atoms. The Bertz CT molecular complexity index is 503. The van der Waals surface area contributed by atoms with Gasteiger partial charge in [-0.1, -0.05) is 0 Å². The van der Waals surface area contributed by atoms with Crippen molar-refractivity contribution in [3.63, 3.8) is 0 Å². The largest absolute Gasteiger partial charge is 0.370 e. The number of aromatic nitrogens is 4. The molecule has 5 nitrogen and oxygen atoms in total. The molecule has 0 aliphatic rings. The lowest BCUT2D eigenvalue weighted by molar-refractivity contribution is 0.660. The molecule has 2 aromatic rings. The zero-order valence-electron chi connectivity index (χ0n) is 10.4. The lowest BCUT2D eigenvalue weighted by Gasteiger charge is -2.05. The number of anilines is 1. The molecule has 0 aliphatic carbocycles. The highest BCUT2D eigenvalue weighted by atomic mass is 15.3. The topological polar surface area (TPSA) is 55.6 Å². The first-order valence-electron chi connectivity index (χ1n) is 5.85. The van der Waals surface area contributed by atoms with E-state index in [4.69, 9.17) is 0 Å². The van der Waals surface area contributed by atoms with Gasteiger partial charge in [0, 0.05) is 30.9 Å². The van der Waals surface area contributed by atoms with E-state index >= 15 is 0 Å². The second-order valence-electron chi connectivity index (χ2n) is 3.80. The van der Waals surface area contributed by atoms with Crippen LogP contribution in [0.15, 0.2) is 18.5 Å². The number of hydrogen-bond donors (Lipinski definition) is 1. The Hall–Kier alpha value is -1.91. The first-order chi connectivity index (χ1) is 8.22. The minimum Gasteiger partial charge on any atom is -0.370 e. The highest BCUT2D eigenvalue weighted by Crippen LogP contribution is 2.19. The van der Waals surface area contributed by atoms with Gasteiger partial charge in [-0.3, -0.25) is 4.68 Å². The highest BCUT2D eigenvalue weighted by molar-refractivity contribution is 5.60. The fourth-order valence-electron chi connectivity index (χ4n) is 1.66.